The summed E-state index contributed by atoms with van der Waals surface area (Å²) in [6.07, 6.45) is 2.81. The Morgan fingerprint density at radius 3 is 2.57 bits per heavy atom. The van der Waals surface area contributed by atoms with Gasteiger partial charge in [0.1, 0.15) is 5.15 Å². The van der Waals surface area contributed by atoms with Crippen LogP contribution < -0.4 is 5.32 Å². The minimum Gasteiger partial charge on any atom is -0.452 e. The SMILES string of the molecule is Cc1nn(Cc2ccccc2)c(Cl)c1/C=C/C(=O)OCC(=O)N[C@H](C)C(C)C. The van der Waals surface area contributed by atoms with Crippen LogP contribution in [0.15, 0.2) is 36.4 Å². The lowest BCUT2D eigenvalue weighted by atomic mass is 10.1. The normalized spacial score (nSPS) is 12.4. The van der Waals surface area contributed by atoms with Crippen LogP contribution in [0.5, 0.6) is 0 Å². The molecule has 2 aromatic rings. The quantitative estimate of drug-likeness (QED) is 0.539. The average molecular weight is 404 g/mol. The summed E-state index contributed by atoms with van der Waals surface area (Å²) in [5, 5.41) is 7.64. The van der Waals surface area contributed by atoms with Crippen molar-refractivity contribution in [2.75, 3.05) is 6.61 Å². The second kappa shape index (κ2) is 10.1. The van der Waals surface area contributed by atoms with E-state index in [0.717, 1.165) is 5.56 Å². The largest absolute Gasteiger partial charge is 0.452 e. The average Bonchev–Trinajstić information content (AvgIpc) is 2.92. The van der Waals surface area contributed by atoms with Gasteiger partial charge in [-0.15, -0.1) is 0 Å². The van der Waals surface area contributed by atoms with Gasteiger partial charge in [-0.25, -0.2) is 9.48 Å². The van der Waals surface area contributed by atoms with Gasteiger partial charge in [-0.05, 0) is 31.4 Å². The Kier molecular flexibility index (Phi) is 7.81. The first-order chi connectivity index (χ1) is 13.3. The Morgan fingerprint density at radius 2 is 1.93 bits per heavy atom. The van der Waals surface area contributed by atoms with Gasteiger partial charge in [-0.3, -0.25) is 4.79 Å². The Bertz CT molecular complexity index is 844. The molecule has 7 heteroatoms. The molecule has 1 atom stereocenters. The van der Waals surface area contributed by atoms with Crippen LogP contribution in [0.3, 0.4) is 0 Å². The number of benzene rings is 1. The number of hydrogen-bond donors (Lipinski definition) is 1. The summed E-state index contributed by atoms with van der Waals surface area (Å²) >= 11 is 6.41. The van der Waals surface area contributed by atoms with Gasteiger partial charge in [-0.1, -0.05) is 55.8 Å². The van der Waals surface area contributed by atoms with Gasteiger partial charge < -0.3 is 10.1 Å². The number of halogens is 1. The molecule has 1 aromatic heterocycles. The molecule has 1 N–H and O–H groups in total. The van der Waals surface area contributed by atoms with E-state index < -0.39 is 5.97 Å². The number of aryl methyl sites for hydroxylation is 1. The van der Waals surface area contributed by atoms with Crippen molar-refractivity contribution >= 4 is 29.6 Å². The van der Waals surface area contributed by atoms with Gasteiger partial charge in [-0.2, -0.15) is 5.10 Å². The third-order valence-corrected chi connectivity index (χ3v) is 4.80. The molecule has 6 nitrogen and oxygen atoms in total. The topological polar surface area (TPSA) is 73.2 Å². The molecule has 0 aliphatic rings. The number of rotatable bonds is 8. The highest BCUT2D eigenvalue weighted by atomic mass is 35.5. The van der Waals surface area contributed by atoms with Crippen LogP contribution in [0.2, 0.25) is 5.15 Å². The molecule has 0 radical (unpaired) electrons. The standard InChI is InChI=1S/C21H26ClN3O3/c1-14(2)15(3)23-19(26)13-28-20(27)11-10-18-16(4)24-25(21(18)22)12-17-8-6-5-7-9-17/h5-11,14-15H,12-13H2,1-4H3,(H,23,26)/b11-10+/t15-/m1/s1. The predicted octanol–water partition coefficient (Wildman–Crippen LogP) is 3.61. The minimum absolute atomic E-state index is 0.0126. The fourth-order valence-electron chi connectivity index (χ4n) is 2.42. The maximum Gasteiger partial charge on any atom is 0.331 e. The lowest BCUT2D eigenvalue weighted by molar-refractivity contribution is -0.144. The molecule has 28 heavy (non-hydrogen) atoms. The summed E-state index contributed by atoms with van der Waals surface area (Å²) in [4.78, 5) is 23.7. The number of aromatic nitrogens is 2. The van der Waals surface area contributed by atoms with Crippen LogP contribution >= 0.6 is 11.6 Å². The van der Waals surface area contributed by atoms with Gasteiger partial charge in [0, 0.05) is 17.7 Å². The molecule has 2 rings (SSSR count). The molecular weight excluding hydrogens is 378 g/mol. The molecule has 0 saturated carbocycles. The highest BCUT2D eigenvalue weighted by molar-refractivity contribution is 6.31. The van der Waals surface area contributed by atoms with Crippen LogP contribution in [0, 0.1) is 12.8 Å². The molecule has 0 saturated heterocycles. The number of ether oxygens (including phenoxy) is 1. The third-order valence-electron chi connectivity index (χ3n) is 4.40. The first-order valence-corrected chi connectivity index (χ1v) is 9.56. The number of amides is 1. The Labute approximate surface area is 170 Å². The van der Waals surface area contributed by atoms with Crippen LogP contribution in [-0.2, 0) is 20.9 Å². The Hall–Kier alpha value is -2.60. The van der Waals surface area contributed by atoms with Crippen LogP contribution in [0.4, 0.5) is 0 Å². The number of nitrogens with zero attached hydrogens (tertiary/aromatic N) is 2. The second-order valence-electron chi connectivity index (χ2n) is 6.97. The van der Waals surface area contributed by atoms with Gasteiger partial charge in [0.15, 0.2) is 6.61 Å². The third kappa shape index (κ3) is 6.23. The van der Waals surface area contributed by atoms with Gasteiger partial charge in [0.05, 0.1) is 12.2 Å². The zero-order valence-corrected chi connectivity index (χ0v) is 17.4. The van der Waals surface area contributed by atoms with Crippen molar-refractivity contribution in [2.45, 2.75) is 40.3 Å². The van der Waals surface area contributed by atoms with E-state index >= 15 is 0 Å². The number of carbonyl (C=O) groups is 2. The van der Waals surface area contributed by atoms with E-state index in [1.165, 1.54) is 6.08 Å². The fourth-order valence-corrected chi connectivity index (χ4v) is 2.71. The van der Waals surface area contributed by atoms with E-state index in [0.29, 0.717) is 28.9 Å². The van der Waals surface area contributed by atoms with E-state index in [4.69, 9.17) is 16.3 Å². The van der Waals surface area contributed by atoms with Gasteiger partial charge >= 0.3 is 5.97 Å². The Balaban J connectivity index is 1.94. The Morgan fingerprint density at radius 1 is 1.25 bits per heavy atom. The number of carbonyl (C=O) groups excluding carboxylic acids is 2. The van der Waals surface area contributed by atoms with Crippen molar-refractivity contribution in [3.63, 3.8) is 0 Å². The molecule has 0 aliphatic heterocycles. The second-order valence-corrected chi connectivity index (χ2v) is 7.33. The van der Waals surface area contributed by atoms with Gasteiger partial charge in [0.2, 0.25) is 0 Å². The summed E-state index contributed by atoms with van der Waals surface area (Å²) in [6.45, 7) is 7.95. The van der Waals surface area contributed by atoms with E-state index in [-0.39, 0.29) is 18.6 Å². The first kappa shape index (κ1) is 21.7. The molecule has 0 fully saturated rings. The molecule has 0 bridgehead atoms. The molecule has 0 unspecified atom stereocenters. The van der Waals surface area contributed by atoms with Crippen molar-refractivity contribution in [3.8, 4) is 0 Å². The van der Waals surface area contributed by atoms with Crippen LogP contribution in [0.25, 0.3) is 6.08 Å². The lowest BCUT2D eigenvalue weighted by Crippen LogP contribution is -2.38. The highest BCUT2D eigenvalue weighted by Gasteiger charge is 2.14. The number of nitrogens with one attached hydrogen (secondary N) is 1. The van der Waals surface area contributed by atoms with Crippen molar-refractivity contribution in [1.82, 2.24) is 15.1 Å². The molecule has 0 spiro atoms. The smallest absolute Gasteiger partial charge is 0.331 e. The van der Waals surface area contributed by atoms with E-state index in [2.05, 4.69) is 10.4 Å². The van der Waals surface area contributed by atoms with Crippen LogP contribution in [-0.4, -0.2) is 34.3 Å². The number of hydrogen-bond acceptors (Lipinski definition) is 4. The van der Waals surface area contributed by atoms with Gasteiger partial charge in [0.25, 0.3) is 5.91 Å². The summed E-state index contributed by atoms with van der Waals surface area (Å²) < 4.78 is 6.66. The summed E-state index contributed by atoms with van der Waals surface area (Å²) in [5.74, 6) is -0.636. The predicted molar refractivity (Wildman–Crippen MR) is 110 cm³/mol. The lowest BCUT2D eigenvalue weighted by Gasteiger charge is -2.16. The van der Waals surface area contributed by atoms with Crippen molar-refractivity contribution in [2.24, 2.45) is 5.92 Å². The number of esters is 1. The molecule has 150 valence electrons. The first-order valence-electron chi connectivity index (χ1n) is 9.19. The molecule has 1 aromatic carbocycles. The zero-order chi connectivity index (χ0) is 20.7. The van der Waals surface area contributed by atoms with Crippen molar-refractivity contribution < 1.29 is 14.3 Å². The fraction of sp³-hybridized carbons (Fsp3) is 0.381. The van der Waals surface area contributed by atoms with E-state index in [1.54, 1.807) is 10.8 Å². The summed E-state index contributed by atoms with van der Waals surface area (Å²) in [7, 11) is 0. The molecule has 0 aliphatic carbocycles. The summed E-state index contributed by atoms with van der Waals surface area (Å²) in [5.41, 5.74) is 2.42. The van der Waals surface area contributed by atoms with Crippen LogP contribution in [0.1, 0.15) is 37.6 Å². The monoisotopic (exact) mass is 403 g/mol. The van der Waals surface area contributed by atoms with Crippen molar-refractivity contribution in [1.29, 1.82) is 0 Å². The van der Waals surface area contributed by atoms with Crippen molar-refractivity contribution in [3.05, 3.63) is 58.4 Å². The zero-order valence-electron chi connectivity index (χ0n) is 16.6. The minimum atomic E-state index is -0.612. The maximum atomic E-state index is 11.9. The molecular formula is C21H26ClN3O3. The van der Waals surface area contributed by atoms with E-state index in [9.17, 15) is 9.59 Å². The van der Waals surface area contributed by atoms with E-state index in [1.807, 2.05) is 58.0 Å². The molecule has 1 amide bonds. The highest BCUT2D eigenvalue weighted by Crippen LogP contribution is 2.22. The molecule has 1 heterocycles. The summed E-state index contributed by atoms with van der Waals surface area (Å²) in [6, 6.07) is 9.85. The maximum absolute atomic E-state index is 11.9.